The van der Waals surface area contributed by atoms with Gasteiger partial charge in [0.1, 0.15) is 24.2 Å². The summed E-state index contributed by atoms with van der Waals surface area (Å²) in [6.45, 7) is 9.32. The lowest BCUT2D eigenvalue weighted by atomic mass is 9.90. The number of urea groups is 1. The van der Waals surface area contributed by atoms with E-state index in [4.69, 9.17) is 0 Å². The second kappa shape index (κ2) is 13.3. The van der Waals surface area contributed by atoms with Crippen LogP contribution in [0.1, 0.15) is 72.3 Å². The number of halogens is 2. The number of piperidine rings is 1. The maximum absolute atomic E-state index is 13.8. The van der Waals surface area contributed by atoms with Gasteiger partial charge in [-0.25, -0.2) is 18.6 Å². The molecule has 1 aliphatic rings. The Morgan fingerprint density at radius 2 is 1.86 bits per heavy atom. The topological polar surface area (TPSA) is 111 Å². The van der Waals surface area contributed by atoms with Gasteiger partial charge in [0.05, 0.1) is 0 Å². The van der Waals surface area contributed by atoms with E-state index in [2.05, 4.69) is 16.1 Å². The first-order valence-electron chi connectivity index (χ1n) is 12.7. The van der Waals surface area contributed by atoms with E-state index in [-0.39, 0.29) is 42.4 Å². The Bertz CT molecular complexity index is 982. The van der Waals surface area contributed by atoms with Gasteiger partial charge in [-0.2, -0.15) is 0 Å². The minimum Gasteiger partial charge on any atom is -0.350 e. The van der Waals surface area contributed by atoms with E-state index in [1.807, 2.05) is 27.7 Å². The minimum absolute atomic E-state index is 0.0271. The number of amides is 5. The number of likely N-dealkylation sites (tertiary alicyclic amines) is 1. The number of carbonyl (C=O) groups is 4. The highest BCUT2D eigenvalue weighted by atomic mass is 19.1. The van der Waals surface area contributed by atoms with Crippen molar-refractivity contribution in [3.05, 3.63) is 35.4 Å². The molecule has 5 amide bonds. The first-order valence-corrected chi connectivity index (χ1v) is 12.7. The highest BCUT2D eigenvalue weighted by molar-refractivity contribution is 5.90. The van der Waals surface area contributed by atoms with Crippen LogP contribution in [-0.4, -0.2) is 58.8 Å². The smallest absolute Gasteiger partial charge is 0.337 e. The van der Waals surface area contributed by atoms with Crippen molar-refractivity contribution < 1.29 is 28.0 Å². The predicted molar refractivity (Wildman–Crippen MR) is 135 cm³/mol. The molecular weight excluding hydrogens is 484 g/mol. The molecule has 0 radical (unpaired) electrons. The van der Waals surface area contributed by atoms with E-state index in [0.717, 1.165) is 30.3 Å². The summed E-state index contributed by atoms with van der Waals surface area (Å²) in [6.07, 6.45) is 3.48. The number of hydrogen-bond donors (Lipinski definition) is 3. The van der Waals surface area contributed by atoms with E-state index in [1.54, 1.807) is 4.90 Å². The van der Waals surface area contributed by atoms with Crippen molar-refractivity contribution >= 4 is 23.8 Å². The molecule has 0 aliphatic carbocycles. The summed E-state index contributed by atoms with van der Waals surface area (Å²) < 4.78 is 26.9. The molecule has 9 nitrogen and oxygen atoms in total. The maximum atomic E-state index is 13.8. The molecule has 2 atom stereocenters. The summed E-state index contributed by atoms with van der Waals surface area (Å²) >= 11 is 0. The Morgan fingerprint density at radius 3 is 2.49 bits per heavy atom. The molecule has 0 unspecified atom stereocenters. The second-order valence-corrected chi connectivity index (χ2v) is 10.7. The van der Waals surface area contributed by atoms with E-state index in [9.17, 15) is 28.0 Å². The van der Waals surface area contributed by atoms with Gasteiger partial charge >= 0.3 is 6.03 Å². The number of benzene rings is 1. The predicted octanol–water partition coefficient (Wildman–Crippen LogP) is 3.24. The molecule has 1 fully saturated rings. The molecule has 1 aromatic rings. The largest absolute Gasteiger partial charge is 0.350 e. The van der Waals surface area contributed by atoms with Gasteiger partial charge in [0, 0.05) is 37.2 Å². The molecule has 37 heavy (non-hydrogen) atoms. The second-order valence-electron chi connectivity index (χ2n) is 10.7. The lowest BCUT2D eigenvalue weighted by Crippen LogP contribution is -2.58. The fourth-order valence-electron chi connectivity index (χ4n) is 3.88. The lowest BCUT2D eigenvalue weighted by Gasteiger charge is -2.35. The van der Waals surface area contributed by atoms with Crippen LogP contribution in [0.2, 0.25) is 0 Å². The van der Waals surface area contributed by atoms with Crippen molar-refractivity contribution in [3.63, 3.8) is 0 Å². The molecule has 0 spiro atoms. The number of carbonyl (C=O) groups excluding carboxylic acids is 4. The van der Waals surface area contributed by atoms with Gasteiger partial charge in [0.25, 0.3) is 0 Å². The van der Waals surface area contributed by atoms with Crippen LogP contribution in [0.25, 0.3) is 0 Å². The molecule has 1 aliphatic heterocycles. The summed E-state index contributed by atoms with van der Waals surface area (Å²) in [5.41, 5.74) is 2.50. The third-order valence-electron chi connectivity index (χ3n) is 6.23. The standard InChI is InChI=1S/C26H39F2N5O4/c1-17-8-6-7-13-32(17)23(35)16-33(31-22(34)11-12-26(3,4)5)25(37)30-18(2)24(36)29-15-19-9-10-20(27)14-21(19)28/h9-10,14,17-18H,6-8,11-13,15-16H2,1-5H3,(H,29,36)(H,30,37)(H,31,34)/t17-,18-/m0/s1. The molecule has 11 heteroatoms. The summed E-state index contributed by atoms with van der Waals surface area (Å²) in [6, 6.07) is 1.16. The van der Waals surface area contributed by atoms with Crippen molar-refractivity contribution in [3.8, 4) is 0 Å². The van der Waals surface area contributed by atoms with Crippen LogP contribution in [-0.2, 0) is 20.9 Å². The number of nitrogens with one attached hydrogen (secondary N) is 3. The van der Waals surface area contributed by atoms with E-state index < -0.39 is 35.5 Å². The Morgan fingerprint density at radius 1 is 1.16 bits per heavy atom. The van der Waals surface area contributed by atoms with E-state index >= 15 is 0 Å². The number of hydrazine groups is 1. The minimum atomic E-state index is -1.06. The first kappa shape index (κ1) is 30.0. The van der Waals surface area contributed by atoms with Crippen molar-refractivity contribution in [2.24, 2.45) is 5.41 Å². The van der Waals surface area contributed by atoms with Crippen molar-refractivity contribution in [2.75, 3.05) is 13.1 Å². The lowest BCUT2D eigenvalue weighted by molar-refractivity contribution is -0.136. The van der Waals surface area contributed by atoms with E-state index in [1.165, 1.54) is 13.0 Å². The number of nitrogens with zero attached hydrogens (tertiary/aromatic N) is 2. The third-order valence-corrected chi connectivity index (χ3v) is 6.23. The fourth-order valence-corrected chi connectivity index (χ4v) is 3.88. The van der Waals surface area contributed by atoms with Gasteiger partial charge in [0.15, 0.2) is 0 Å². The molecule has 0 saturated carbocycles. The van der Waals surface area contributed by atoms with Gasteiger partial charge in [-0.3, -0.25) is 19.8 Å². The zero-order valence-electron chi connectivity index (χ0n) is 22.3. The van der Waals surface area contributed by atoms with Gasteiger partial charge in [-0.05, 0) is 51.0 Å². The van der Waals surface area contributed by atoms with E-state index in [0.29, 0.717) is 19.0 Å². The third kappa shape index (κ3) is 9.97. The van der Waals surface area contributed by atoms with Crippen LogP contribution < -0.4 is 16.1 Å². The first-order chi connectivity index (χ1) is 17.3. The van der Waals surface area contributed by atoms with Gasteiger partial charge in [0.2, 0.25) is 17.7 Å². The number of hydrogen-bond acceptors (Lipinski definition) is 4. The summed E-state index contributed by atoms with van der Waals surface area (Å²) in [7, 11) is 0. The SMILES string of the molecule is C[C@H](NC(=O)N(CC(=O)N1CCCC[C@@H]1C)NC(=O)CCC(C)(C)C)C(=O)NCc1ccc(F)cc1F. The molecule has 1 heterocycles. The normalized spacial score (nSPS) is 16.5. The highest BCUT2D eigenvalue weighted by Crippen LogP contribution is 2.20. The van der Waals surface area contributed by atoms with Crippen molar-refractivity contribution in [2.45, 2.75) is 85.4 Å². The van der Waals surface area contributed by atoms with Gasteiger partial charge in [-0.1, -0.05) is 26.8 Å². The average molecular weight is 524 g/mol. The maximum Gasteiger partial charge on any atom is 0.337 e. The molecular formula is C26H39F2N5O4. The Kier molecular flexibility index (Phi) is 10.8. The van der Waals surface area contributed by atoms with Gasteiger partial charge < -0.3 is 15.5 Å². The molecule has 206 valence electrons. The molecule has 1 aromatic carbocycles. The quantitative estimate of drug-likeness (QED) is 0.455. The monoisotopic (exact) mass is 523 g/mol. The van der Waals surface area contributed by atoms with Crippen LogP contribution >= 0.6 is 0 Å². The van der Waals surface area contributed by atoms with Crippen molar-refractivity contribution in [1.29, 1.82) is 0 Å². The molecule has 1 saturated heterocycles. The summed E-state index contributed by atoms with van der Waals surface area (Å²) in [5.74, 6) is -2.87. The summed E-state index contributed by atoms with van der Waals surface area (Å²) in [4.78, 5) is 52.7. The van der Waals surface area contributed by atoms with Gasteiger partial charge in [-0.15, -0.1) is 0 Å². The zero-order chi connectivity index (χ0) is 27.8. The molecule has 0 bridgehead atoms. The van der Waals surface area contributed by atoms with Crippen LogP contribution in [0.4, 0.5) is 13.6 Å². The molecule has 2 rings (SSSR count). The Hall–Kier alpha value is -3.24. The van der Waals surface area contributed by atoms with Crippen LogP contribution in [0, 0.1) is 17.0 Å². The van der Waals surface area contributed by atoms with Crippen LogP contribution in [0.5, 0.6) is 0 Å². The fraction of sp³-hybridized carbons (Fsp3) is 0.615. The Balaban J connectivity index is 2.03. The summed E-state index contributed by atoms with van der Waals surface area (Å²) in [5, 5.41) is 5.86. The molecule has 0 aromatic heterocycles. The average Bonchev–Trinajstić information content (AvgIpc) is 2.81. The van der Waals surface area contributed by atoms with Crippen molar-refractivity contribution in [1.82, 2.24) is 26.0 Å². The van der Waals surface area contributed by atoms with Crippen LogP contribution in [0.3, 0.4) is 0 Å². The molecule has 3 N–H and O–H groups in total. The number of rotatable bonds is 8. The van der Waals surface area contributed by atoms with Crippen LogP contribution in [0.15, 0.2) is 18.2 Å². The highest BCUT2D eigenvalue weighted by Gasteiger charge is 2.29. The Labute approximate surface area is 217 Å². The zero-order valence-corrected chi connectivity index (χ0v) is 22.3.